The Morgan fingerprint density at radius 3 is 2.46 bits per heavy atom. The molecule has 0 bridgehead atoms. The number of hydrogen-bond donors (Lipinski definition) is 1. The number of hydrogen-bond acceptors (Lipinski definition) is 6. The van der Waals surface area contributed by atoms with Crippen LogP contribution in [0, 0.1) is 0 Å². The van der Waals surface area contributed by atoms with E-state index in [0.717, 1.165) is 20.8 Å². The van der Waals surface area contributed by atoms with E-state index in [1.807, 2.05) is 78.9 Å². The Labute approximate surface area is 221 Å². The summed E-state index contributed by atoms with van der Waals surface area (Å²) in [5.74, 6) is -0.186. The van der Waals surface area contributed by atoms with Crippen molar-refractivity contribution in [3.8, 4) is 5.75 Å². The maximum atomic E-state index is 12.8. The first-order valence-corrected chi connectivity index (χ1v) is 12.8. The number of thiazole rings is 1. The zero-order chi connectivity index (χ0) is 26.4. The van der Waals surface area contributed by atoms with Gasteiger partial charge >= 0.3 is 5.97 Å². The summed E-state index contributed by atoms with van der Waals surface area (Å²) in [5.41, 5.74) is 4.29. The molecule has 6 nitrogen and oxygen atoms in total. The Hall–Kier alpha value is -3.97. The van der Waals surface area contributed by atoms with Gasteiger partial charge in [-0.05, 0) is 64.6 Å². The van der Waals surface area contributed by atoms with E-state index >= 15 is 0 Å². The number of amides is 1. The molecule has 0 radical (unpaired) electrons. The van der Waals surface area contributed by atoms with Crippen molar-refractivity contribution in [2.45, 2.75) is 32.6 Å². The van der Waals surface area contributed by atoms with Gasteiger partial charge in [0.05, 0.1) is 23.7 Å². The third kappa shape index (κ3) is 7.05. The van der Waals surface area contributed by atoms with Crippen LogP contribution in [0.25, 0.3) is 21.9 Å². The average molecular weight is 515 g/mol. The number of esters is 1. The van der Waals surface area contributed by atoms with Crippen molar-refractivity contribution in [2.75, 3.05) is 19.0 Å². The van der Waals surface area contributed by atoms with E-state index in [1.165, 1.54) is 16.9 Å². The summed E-state index contributed by atoms with van der Waals surface area (Å²) in [5, 5.41) is 3.50. The number of ether oxygens (including phenoxy) is 2. The largest absolute Gasteiger partial charge is 0.497 e. The maximum absolute atomic E-state index is 12.8. The summed E-state index contributed by atoms with van der Waals surface area (Å²) in [6.45, 7) is 6.02. The molecule has 37 heavy (non-hydrogen) atoms. The number of benzene rings is 3. The predicted molar refractivity (Wildman–Crippen MR) is 150 cm³/mol. The first-order chi connectivity index (χ1) is 17.7. The maximum Gasteiger partial charge on any atom is 0.310 e. The van der Waals surface area contributed by atoms with E-state index in [4.69, 9.17) is 14.5 Å². The number of aromatic nitrogens is 1. The van der Waals surface area contributed by atoms with Gasteiger partial charge in [0.1, 0.15) is 10.8 Å². The topological polar surface area (TPSA) is 77.5 Å². The van der Waals surface area contributed by atoms with Crippen LogP contribution in [0.5, 0.6) is 5.75 Å². The number of nitrogens with one attached hydrogen (secondary N) is 1. The van der Waals surface area contributed by atoms with E-state index in [-0.39, 0.29) is 18.4 Å². The van der Waals surface area contributed by atoms with Gasteiger partial charge in [0.25, 0.3) is 5.91 Å². The fourth-order valence-electron chi connectivity index (χ4n) is 3.73. The molecule has 0 saturated heterocycles. The number of carbonyl (C=O) groups excluding carboxylic acids is 2. The molecule has 0 spiro atoms. The molecule has 4 rings (SSSR count). The summed E-state index contributed by atoms with van der Waals surface area (Å²) in [6.07, 6.45) is 1.88. The van der Waals surface area contributed by atoms with Crippen molar-refractivity contribution in [2.24, 2.45) is 0 Å². The number of anilines is 1. The Morgan fingerprint density at radius 2 is 1.76 bits per heavy atom. The lowest BCUT2D eigenvalue weighted by Crippen LogP contribution is -2.21. The minimum atomic E-state index is -0.508. The molecule has 0 unspecified atom stereocenters. The third-order valence-corrected chi connectivity index (χ3v) is 6.85. The summed E-state index contributed by atoms with van der Waals surface area (Å²) in [7, 11) is 1.61. The lowest BCUT2D eigenvalue weighted by Gasteiger charge is -2.19. The Kier molecular flexibility index (Phi) is 8.04. The molecule has 0 aliphatic heterocycles. The van der Waals surface area contributed by atoms with Crippen LogP contribution in [0.15, 0.2) is 72.8 Å². The fraction of sp³-hybridized carbons (Fsp3) is 0.233. The van der Waals surface area contributed by atoms with E-state index in [2.05, 4.69) is 26.1 Å². The zero-order valence-corrected chi connectivity index (χ0v) is 22.2. The molecule has 7 heteroatoms. The average Bonchev–Trinajstić information content (AvgIpc) is 3.31. The lowest BCUT2D eigenvalue weighted by molar-refractivity contribution is -0.146. The highest BCUT2D eigenvalue weighted by Crippen LogP contribution is 2.31. The minimum Gasteiger partial charge on any atom is -0.497 e. The molecule has 4 aromatic rings. The number of para-hydroxylation sites is 1. The fourth-order valence-corrected chi connectivity index (χ4v) is 4.71. The highest BCUT2D eigenvalue weighted by Gasteiger charge is 2.17. The van der Waals surface area contributed by atoms with Crippen LogP contribution in [0.1, 0.15) is 43.3 Å². The molecule has 0 atom stereocenters. The second-order valence-corrected chi connectivity index (χ2v) is 10.7. The van der Waals surface area contributed by atoms with Crippen molar-refractivity contribution in [3.63, 3.8) is 0 Å². The van der Waals surface area contributed by atoms with Gasteiger partial charge in [0.2, 0.25) is 0 Å². The van der Waals surface area contributed by atoms with Gasteiger partial charge in [-0.1, -0.05) is 57.2 Å². The molecule has 3 aromatic carbocycles. The molecule has 1 heterocycles. The summed E-state index contributed by atoms with van der Waals surface area (Å²) >= 11 is 1.51. The van der Waals surface area contributed by atoms with Gasteiger partial charge in [-0.15, -0.1) is 11.3 Å². The first-order valence-electron chi connectivity index (χ1n) is 12.0. The van der Waals surface area contributed by atoms with Crippen LogP contribution in [-0.2, 0) is 19.7 Å². The van der Waals surface area contributed by atoms with Crippen LogP contribution in [-0.4, -0.2) is 30.6 Å². The van der Waals surface area contributed by atoms with Crippen molar-refractivity contribution in [1.29, 1.82) is 0 Å². The van der Waals surface area contributed by atoms with Gasteiger partial charge < -0.3 is 14.8 Å². The third-order valence-electron chi connectivity index (χ3n) is 5.74. The summed E-state index contributed by atoms with van der Waals surface area (Å²) < 4.78 is 11.7. The second kappa shape index (κ2) is 11.4. The van der Waals surface area contributed by atoms with Gasteiger partial charge in [-0.3, -0.25) is 9.59 Å². The molecule has 1 aromatic heterocycles. The molecular weight excluding hydrogens is 484 g/mol. The quantitative estimate of drug-likeness (QED) is 0.264. The van der Waals surface area contributed by atoms with E-state index in [0.29, 0.717) is 17.0 Å². The van der Waals surface area contributed by atoms with Crippen LogP contribution in [0.4, 0.5) is 5.69 Å². The molecule has 1 N–H and O–H groups in total. The van der Waals surface area contributed by atoms with Gasteiger partial charge in [0, 0.05) is 5.69 Å². The Morgan fingerprint density at radius 1 is 1.00 bits per heavy atom. The van der Waals surface area contributed by atoms with Crippen molar-refractivity contribution in [1.82, 2.24) is 4.98 Å². The number of carbonyl (C=O) groups is 2. The predicted octanol–water partition coefficient (Wildman–Crippen LogP) is 6.72. The van der Waals surface area contributed by atoms with Gasteiger partial charge in [-0.2, -0.15) is 0 Å². The minimum absolute atomic E-state index is 0.0232. The zero-order valence-electron chi connectivity index (χ0n) is 21.4. The number of nitrogens with zero attached hydrogens (tertiary/aromatic N) is 1. The van der Waals surface area contributed by atoms with Crippen LogP contribution in [0.2, 0.25) is 0 Å². The van der Waals surface area contributed by atoms with Crippen molar-refractivity contribution < 1.29 is 19.1 Å². The molecule has 1 amide bonds. The highest BCUT2D eigenvalue weighted by atomic mass is 32.1. The smallest absolute Gasteiger partial charge is 0.310 e. The Bertz CT molecular complexity index is 1400. The van der Waals surface area contributed by atoms with Crippen molar-refractivity contribution >= 4 is 50.8 Å². The van der Waals surface area contributed by atoms with Crippen LogP contribution in [0.3, 0.4) is 0 Å². The van der Waals surface area contributed by atoms with Gasteiger partial charge in [0.15, 0.2) is 6.61 Å². The first kappa shape index (κ1) is 26.1. The molecule has 0 fully saturated rings. The molecule has 0 aliphatic rings. The van der Waals surface area contributed by atoms with Crippen molar-refractivity contribution in [3.05, 3.63) is 88.9 Å². The van der Waals surface area contributed by atoms with Crippen LogP contribution >= 0.6 is 11.3 Å². The molecular formula is C30H30N2O4S. The number of methoxy groups -OCH3 is 1. The van der Waals surface area contributed by atoms with Crippen LogP contribution < -0.4 is 10.1 Å². The van der Waals surface area contributed by atoms with E-state index in [9.17, 15) is 9.59 Å². The normalized spacial score (nSPS) is 11.8. The molecule has 0 aliphatic carbocycles. The van der Waals surface area contributed by atoms with E-state index in [1.54, 1.807) is 7.11 Å². The number of rotatable bonds is 8. The van der Waals surface area contributed by atoms with E-state index < -0.39 is 11.9 Å². The molecule has 0 saturated carbocycles. The second-order valence-electron chi connectivity index (χ2n) is 9.65. The molecule has 190 valence electrons. The summed E-state index contributed by atoms with van der Waals surface area (Å²) in [6, 6.07) is 23.0. The Balaban J connectivity index is 1.45. The monoisotopic (exact) mass is 514 g/mol. The lowest BCUT2D eigenvalue weighted by atomic mass is 9.87. The van der Waals surface area contributed by atoms with Gasteiger partial charge in [-0.25, -0.2) is 4.98 Å². The summed E-state index contributed by atoms with van der Waals surface area (Å²) in [4.78, 5) is 29.9. The highest BCUT2D eigenvalue weighted by molar-refractivity contribution is 7.19. The standard InChI is InChI=1S/C30H30N2O4S/c1-30(2,3)22-12-14-23(15-13-22)31-27(33)19-36-28(34)18-21(16-20-8-7-9-24(17-20)35-4)29-32-25-10-5-6-11-26(25)37-29/h5-17H,18-19H2,1-4H3,(H,31,33)/b21-16-. The number of fused-ring (bicyclic) bond motifs is 1. The SMILES string of the molecule is COc1cccc(/C=C(/CC(=O)OCC(=O)Nc2ccc(C(C)(C)C)cc2)c2nc3ccccc3s2)c1.